The molecule has 0 saturated heterocycles. The van der Waals surface area contributed by atoms with E-state index in [1.165, 1.54) is 12.1 Å². The topological polar surface area (TPSA) is 97.5 Å². The number of aromatic carboxylic acids is 1. The summed E-state index contributed by atoms with van der Waals surface area (Å²) >= 11 is 2.93. The highest BCUT2D eigenvalue weighted by molar-refractivity contribution is 9.10. The van der Waals surface area contributed by atoms with Gasteiger partial charge in [-0.05, 0) is 34.1 Å². The molecule has 0 aliphatic carbocycles. The van der Waals surface area contributed by atoms with Crippen LogP contribution in [0.2, 0.25) is 0 Å². The van der Waals surface area contributed by atoms with E-state index < -0.39 is 16.0 Å². The van der Waals surface area contributed by atoms with E-state index in [0.717, 1.165) is 6.07 Å². The van der Waals surface area contributed by atoms with Crippen molar-refractivity contribution < 1.29 is 18.3 Å². The van der Waals surface area contributed by atoms with E-state index in [4.69, 9.17) is 10.2 Å². The Morgan fingerprint density at radius 3 is 2.36 bits per heavy atom. The predicted molar refractivity (Wildman–Crippen MR) is 52.5 cm³/mol. The smallest absolute Gasteiger partial charge is 0.335 e. The van der Waals surface area contributed by atoms with Crippen molar-refractivity contribution in [3.8, 4) is 0 Å². The van der Waals surface area contributed by atoms with Crippen molar-refractivity contribution in [1.82, 2.24) is 0 Å². The zero-order valence-electron chi connectivity index (χ0n) is 6.77. The number of primary sulfonamides is 1. The van der Waals surface area contributed by atoms with Gasteiger partial charge >= 0.3 is 5.97 Å². The van der Waals surface area contributed by atoms with Gasteiger partial charge in [0, 0.05) is 4.47 Å². The Labute approximate surface area is 88.7 Å². The Balaban J connectivity index is 3.35. The molecule has 0 aliphatic rings. The van der Waals surface area contributed by atoms with Crippen molar-refractivity contribution in [2.24, 2.45) is 5.14 Å². The molecule has 14 heavy (non-hydrogen) atoms. The summed E-state index contributed by atoms with van der Waals surface area (Å²) in [5.74, 6) is -1.13. The Bertz CT molecular complexity index is 482. The molecule has 0 spiro atoms. The monoisotopic (exact) mass is 279 g/mol. The lowest BCUT2D eigenvalue weighted by molar-refractivity contribution is 0.0696. The van der Waals surface area contributed by atoms with Gasteiger partial charge in [0.1, 0.15) is 0 Å². The minimum absolute atomic E-state index is 0.00993. The van der Waals surface area contributed by atoms with Crippen LogP contribution in [-0.4, -0.2) is 19.5 Å². The summed E-state index contributed by atoms with van der Waals surface area (Å²) < 4.78 is 22.0. The molecule has 76 valence electrons. The van der Waals surface area contributed by atoms with Gasteiger partial charge in [0.05, 0.1) is 10.5 Å². The standard InChI is InChI=1S/C7H6BrNO4S/c8-5-3-4(7(10)11)1-2-6(5)14(9,12)13/h1-3H,(H,10,11)(H2,9,12,13). The summed E-state index contributed by atoms with van der Waals surface area (Å²) in [7, 11) is -3.82. The lowest BCUT2D eigenvalue weighted by atomic mass is 10.2. The number of halogens is 1. The highest BCUT2D eigenvalue weighted by Crippen LogP contribution is 2.21. The van der Waals surface area contributed by atoms with Gasteiger partial charge in [-0.2, -0.15) is 0 Å². The molecule has 3 N–H and O–H groups in total. The first kappa shape index (κ1) is 11.2. The second kappa shape index (κ2) is 3.68. The minimum atomic E-state index is -3.82. The quantitative estimate of drug-likeness (QED) is 0.837. The highest BCUT2D eigenvalue weighted by Gasteiger charge is 2.14. The van der Waals surface area contributed by atoms with Gasteiger partial charge in [-0.1, -0.05) is 0 Å². The molecule has 1 aromatic carbocycles. The van der Waals surface area contributed by atoms with E-state index in [1.54, 1.807) is 0 Å². The molecule has 0 unspecified atom stereocenters. The van der Waals surface area contributed by atoms with E-state index in [2.05, 4.69) is 15.9 Å². The average molecular weight is 280 g/mol. The minimum Gasteiger partial charge on any atom is -0.478 e. The summed E-state index contributed by atoms with van der Waals surface area (Å²) in [6.07, 6.45) is 0. The molecule has 5 nitrogen and oxygen atoms in total. The Hall–Kier alpha value is -0.920. The van der Waals surface area contributed by atoms with Crippen molar-refractivity contribution in [2.45, 2.75) is 4.90 Å². The Kier molecular flexibility index (Phi) is 2.93. The van der Waals surface area contributed by atoms with Crippen LogP contribution in [0.3, 0.4) is 0 Å². The molecule has 0 radical (unpaired) electrons. The van der Waals surface area contributed by atoms with Crippen LogP contribution in [0.25, 0.3) is 0 Å². The van der Waals surface area contributed by atoms with Crippen molar-refractivity contribution in [1.29, 1.82) is 0 Å². The fourth-order valence-corrected chi connectivity index (χ4v) is 2.51. The molecule has 0 heterocycles. The third-order valence-corrected chi connectivity index (χ3v) is 3.37. The second-order valence-corrected chi connectivity index (χ2v) is 4.88. The Morgan fingerprint density at radius 2 is 2.00 bits per heavy atom. The van der Waals surface area contributed by atoms with Crippen LogP contribution in [0, 0.1) is 0 Å². The van der Waals surface area contributed by atoms with Crippen LogP contribution in [-0.2, 0) is 10.0 Å². The zero-order valence-corrected chi connectivity index (χ0v) is 9.17. The lowest BCUT2D eigenvalue weighted by Gasteiger charge is -2.02. The van der Waals surface area contributed by atoms with E-state index in [0.29, 0.717) is 0 Å². The first-order valence-electron chi connectivity index (χ1n) is 3.38. The van der Waals surface area contributed by atoms with Gasteiger partial charge in [-0.3, -0.25) is 0 Å². The van der Waals surface area contributed by atoms with Crippen LogP contribution in [0.4, 0.5) is 0 Å². The van der Waals surface area contributed by atoms with Gasteiger partial charge in [-0.15, -0.1) is 0 Å². The summed E-state index contributed by atoms with van der Waals surface area (Å²) in [6.45, 7) is 0. The van der Waals surface area contributed by atoms with Gasteiger partial charge < -0.3 is 5.11 Å². The third-order valence-electron chi connectivity index (χ3n) is 1.49. The van der Waals surface area contributed by atoms with Crippen LogP contribution in [0.15, 0.2) is 27.6 Å². The number of rotatable bonds is 2. The van der Waals surface area contributed by atoms with E-state index in [1.807, 2.05) is 0 Å². The van der Waals surface area contributed by atoms with Crippen molar-refractivity contribution in [2.75, 3.05) is 0 Å². The number of sulfonamides is 1. The fourth-order valence-electron chi connectivity index (χ4n) is 0.865. The average Bonchev–Trinajstić information content (AvgIpc) is 2.01. The summed E-state index contributed by atoms with van der Waals surface area (Å²) in [4.78, 5) is 10.4. The van der Waals surface area contributed by atoms with Gasteiger partial charge in [-0.25, -0.2) is 18.4 Å². The molecule has 1 rings (SSSR count). The number of hydrogen-bond acceptors (Lipinski definition) is 3. The van der Waals surface area contributed by atoms with Crippen molar-refractivity contribution in [3.05, 3.63) is 28.2 Å². The number of carboxylic acids is 1. The predicted octanol–water partition coefficient (Wildman–Crippen LogP) is 0.795. The van der Waals surface area contributed by atoms with E-state index >= 15 is 0 Å². The molecular weight excluding hydrogens is 274 g/mol. The molecule has 0 bridgehead atoms. The first-order valence-corrected chi connectivity index (χ1v) is 5.72. The molecule has 7 heteroatoms. The fraction of sp³-hybridized carbons (Fsp3) is 0. The molecule has 0 saturated carbocycles. The number of nitrogens with two attached hydrogens (primary N) is 1. The van der Waals surface area contributed by atoms with E-state index in [9.17, 15) is 13.2 Å². The Morgan fingerprint density at radius 1 is 1.43 bits per heavy atom. The van der Waals surface area contributed by atoms with Crippen molar-refractivity contribution in [3.63, 3.8) is 0 Å². The molecule has 0 amide bonds. The molecule has 0 aliphatic heterocycles. The zero-order chi connectivity index (χ0) is 10.9. The molecule has 0 fully saturated rings. The number of benzene rings is 1. The van der Waals surface area contributed by atoms with Crippen LogP contribution < -0.4 is 5.14 Å². The number of carboxylic acid groups (broad SMARTS) is 1. The van der Waals surface area contributed by atoms with Gasteiger partial charge in [0.2, 0.25) is 10.0 Å². The summed E-state index contributed by atoms with van der Waals surface area (Å²) in [5, 5.41) is 13.5. The SMILES string of the molecule is NS(=O)(=O)c1ccc(C(=O)O)cc1Br. The number of carbonyl (C=O) groups is 1. The molecule has 0 atom stereocenters. The van der Waals surface area contributed by atoms with Crippen LogP contribution >= 0.6 is 15.9 Å². The maximum Gasteiger partial charge on any atom is 0.335 e. The van der Waals surface area contributed by atoms with Crippen molar-refractivity contribution >= 4 is 31.9 Å². The lowest BCUT2D eigenvalue weighted by Crippen LogP contribution is -2.13. The van der Waals surface area contributed by atoms with Crippen LogP contribution in [0.5, 0.6) is 0 Å². The maximum atomic E-state index is 10.9. The maximum absolute atomic E-state index is 10.9. The largest absolute Gasteiger partial charge is 0.478 e. The molecular formula is C7H6BrNO4S. The second-order valence-electron chi connectivity index (χ2n) is 2.50. The van der Waals surface area contributed by atoms with Crippen LogP contribution in [0.1, 0.15) is 10.4 Å². The van der Waals surface area contributed by atoms with Gasteiger partial charge in [0.25, 0.3) is 0 Å². The normalized spacial score (nSPS) is 11.3. The third kappa shape index (κ3) is 2.31. The number of hydrogen-bond donors (Lipinski definition) is 2. The molecule has 1 aromatic rings. The molecule has 0 aromatic heterocycles. The first-order chi connectivity index (χ1) is 6.32. The summed E-state index contributed by atoms with van der Waals surface area (Å²) in [5.41, 5.74) is -0.00993. The van der Waals surface area contributed by atoms with Gasteiger partial charge in [0.15, 0.2) is 0 Å². The van der Waals surface area contributed by atoms with E-state index in [-0.39, 0.29) is 14.9 Å². The highest BCUT2D eigenvalue weighted by atomic mass is 79.9. The summed E-state index contributed by atoms with van der Waals surface area (Å²) in [6, 6.07) is 3.50.